The largest absolute Gasteiger partial charge is 0.456 e. The Kier molecular flexibility index (Phi) is 9.20. The number of hydrogen-bond acceptors (Lipinski definition) is 6. The Hall–Kier alpha value is -10.4. The molecule has 0 unspecified atom stereocenters. The Labute approximate surface area is 434 Å². The van der Waals surface area contributed by atoms with Gasteiger partial charge in [-0.15, -0.1) is 0 Å². The Morgan fingerprint density at radius 3 is 1.57 bits per heavy atom. The molecule has 0 fully saturated rings. The molecule has 0 saturated heterocycles. The van der Waals surface area contributed by atoms with Crippen molar-refractivity contribution in [1.82, 2.24) is 19.5 Å². The standard InChI is InChI=1S/C69H40N4O3/c1-3-15-42(16-4-1)67-70-68(43-33-31-41(32-34-43)48-22-11-24-52-51-20-8-10-28-59(51)75-65(48)52)72-69(71-67)54-26-14-29-61-64(54)56-40-44(36-38-60(56)74-61)47-21-13-30-62-63(47)53-25-12-23-49(66(53)76-62)45-35-37-58-55(39-45)50-19-7-9-27-57(50)73(58)46-17-5-2-6-18-46/h1-40H. The van der Waals surface area contributed by atoms with Gasteiger partial charge < -0.3 is 17.8 Å². The number of rotatable bonds is 7. The molecule has 0 bridgehead atoms. The molecule has 0 amide bonds. The highest BCUT2D eigenvalue weighted by Crippen LogP contribution is 2.45. The van der Waals surface area contributed by atoms with E-state index in [1.165, 1.54) is 16.3 Å². The van der Waals surface area contributed by atoms with Gasteiger partial charge in [0.25, 0.3) is 0 Å². The molecule has 76 heavy (non-hydrogen) atoms. The number of nitrogens with zero attached hydrogens (tertiary/aromatic N) is 4. The molecule has 16 aromatic rings. The topological polar surface area (TPSA) is 83.0 Å². The van der Waals surface area contributed by atoms with Gasteiger partial charge in [-0.2, -0.15) is 0 Å². The minimum atomic E-state index is 0.553. The Morgan fingerprint density at radius 2 is 0.750 bits per heavy atom. The fraction of sp³-hybridized carbons (Fsp3) is 0. The molecule has 0 radical (unpaired) electrons. The first kappa shape index (κ1) is 42.2. The predicted molar refractivity (Wildman–Crippen MR) is 309 cm³/mol. The van der Waals surface area contributed by atoms with E-state index in [0.717, 1.165) is 127 Å². The lowest BCUT2D eigenvalue weighted by atomic mass is 9.95. The maximum Gasteiger partial charge on any atom is 0.164 e. The van der Waals surface area contributed by atoms with Crippen molar-refractivity contribution in [3.63, 3.8) is 0 Å². The first-order valence-corrected chi connectivity index (χ1v) is 25.5. The number of aromatic nitrogens is 4. The van der Waals surface area contributed by atoms with Crippen LogP contribution in [0.15, 0.2) is 256 Å². The zero-order valence-corrected chi connectivity index (χ0v) is 40.6. The molecule has 0 atom stereocenters. The Morgan fingerprint density at radius 1 is 0.263 bits per heavy atom. The third-order valence-electron chi connectivity index (χ3n) is 15.1. The van der Waals surface area contributed by atoms with Crippen LogP contribution in [0.3, 0.4) is 0 Å². The van der Waals surface area contributed by atoms with Gasteiger partial charge in [-0.25, -0.2) is 15.0 Å². The summed E-state index contributed by atoms with van der Waals surface area (Å²) < 4.78 is 22.3. The molecule has 354 valence electrons. The first-order valence-electron chi connectivity index (χ1n) is 25.5. The van der Waals surface area contributed by atoms with Crippen LogP contribution in [0.4, 0.5) is 0 Å². The van der Waals surface area contributed by atoms with Crippen molar-refractivity contribution in [2.45, 2.75) is 0 Å². The predicted octanol–water partition coefficient (Wildman–Crippen LogP) is 18.7. The second kappa shape index (κ2) is 16.6. The van der Waals surface area contributed by atoms with Gasteiger partial charge in [0.1, 0.15) is 33.5 Å². The number of hydrogen-bond donors (Lipinski definition) is 0. The second-order valence-electron chi connectivity index (χ2n) is 19.4. The molecule has 0 aliphatic rings. The van der Waals surface area contributed by atoms with Gasteiger partial charge in [0.2, 0.25) is 0 Å². The quantitative estimate of drug-likeness (QED) is 0.158. The summed E-state index contributed by atoms with van der Waals surface area (Å²) >= 11 is 0. The molecule has 11 aromatic carbocycles. The summed E-state index contributed by atoms with van der Waals surface area (Å²) in [4.78, 5) is 15.5. The fourth-order valence-corrected chi connectivity index (χ4v) is 11.6. The Balaban J connectivity index is 0.815. The van der Waals surface area contributed by atoms with Crippen LogP contribution in [0.25, 0.3) is 161 Å². The highest BCUT2D eigenvalue weighted by Gasteiger charge is 2.22. The summed E-state index contributed by atoms with van der Waals surface area (Å²) in [6.07, 6.45) is 0. The Bertz CT molecular complexity index is 4990. The van der Waals surface area contributed by atoms with E-state index in [4.69, 9.17) is 28.2 Å². The van der Waals surface area contributed by atoms with E-state index in [-0.39, 0.29) is 0 Å². The lowest BCUT2D eigenvalue weighted by molar-refractivity contribution is 0.669. The van der Waals surface area contributed by atoms with E-state index in [1.807, 2.05) is 60.7 Å². The van der Waals surface area contributed by atoms with E-state index in [0.29, 0.717) is 17.5 Å². The van der Waals surface area contributed by atoms with E-state index in [9.17, 15) is 0 Å². The van der Waals surface area contributed by atoms with Crippen LogP contribution < -0.4 is 0 Å². The highest BCUT2D eigenvalue weighted by atomic mass is 16.3. The van der Waals surface area contributed by atoms with Crippen LogP contribution in [0.1, 0.15) is 0 Å². The van der Waals surface area contributed by atoms with Crippen molar-refractivity contribution < 1.29 is 13.3 Å². The third-order valence-corrected chi connectivity index (χ3v) is 15.1. The molecule has 0 saturated carbocycles. The summed E-state index contributed by atoms with van der Waals surface area (Å²) in [5, 5.41) is 8.60. The molecular weight excluding hydrogens is 933 g/mol. The van der Waals surface area contributed by atoms with Crippen molar-refractivity contribution >= 4 is 87.6 Å². The zero-order chi connectivity index (χ0) is 49.8. The summed E-state index contributed by atoms with van der Waals surface area (Å²) in [6, 6.07) is 84.4. The van der Waals surface area contributed by atoms with Crippen molar-refractivity contribution in [3.8, 4) is 73.2 Å². The average molecular weight is 973 g/mol. The summed E-state index contributed by atoms with van der Waals surface area (Å²) in [7, 11) is 0. The smallest absolute Gasteiger partial charge is 0.164 e. The van der Waals surface area contributed by atoms with E-state index >= 15 is 0 Å². The first-order chi connectivity index (χ1) is 37.7. The summed E-state index contributed by atoms with van der Waals surface area (Å²) in [5.74, 6) is 1.70. The van der Waals surface area contributed by atoms with Crippen LogP contribution in [-0.2, 0) is 0 Å². The molecule has 7 nitrogen and oxygen atoms in total. The average Bonchev–Trinajstić information content (AvgIpc) is 4.27. The number of fused-ring (bicyclic) bond motifs is 12. The van der Waals surface area contributed by atoms with Gasteiger partial charge in [0.05, 0.1) is 11.0 Å². The third kappa shape index (κ3) is 6.52. The normalized spacial score (nSPS) is 11.9. The fourth-order valence-electron chi connectivity index (χ4n) is 11.6. The number of benzene rings is 11. The molecule has 5 heterocycles. The van der Waals surface area contributed by atoms with Crippen LogP contribution in [-0.4, -0.2) is 19.5 Å². The molecule has 7 heteroatoms. The molecule has 5 aromatic heterocycles. The molecule has 0 aliphatic heterocycles. The highest BCUT2D eigenvalue weighted by molar-refractivity contribution is 6.19. The van der Waals surface area contributed by atoms with Crippen LogP contribution in [0, 0.1) is 0 Å². The maximum atomic E-state index is 6.90. The molecule has 0 spiro atoms. The number of furan rings is 3. The summed E-state index contributed by atoms with van der Waals surface area (Å²) in [5.41, 5.74) is 17.3. The zero-order valence-electron chi connectivity index (χ0n) is 40.6. The van der Waals surface area contributed by atoms with Crippen LogP contribution in [0.5, 0.6) is 0 Å². The molecular formula is C69H40N4O3. The van der Waals surface area contributed by atoms with Crippen LogP contribution in [0.2, 0.25) is 0 Å². The van der Waals surface area contributed by atoms with Gasteiger partial charge in [-0.3, -0.25) is 0 Å². The second-order valence-corrected chi connectivity index (χ2v) is 19.4. The minimum absolute atomic E-state index is 0.553. The van der Waals surface area contributed by atoms with Crippen molar-refractivity contribution in [1.29, 1.82) is 0 Å². The van der Waals surface area contributed by atoms with Gasteiger partial charge in [0.15, 0.2) is 17.5 Å². The van der Waals surface area contributed by atoms with Gasteiger partial charge in [-0.05, 0) is 82.9 Å². The van der Waals surface area contributed by atoms with Gasteiger partial charge >= 0.3 is 0 Å². The van der Waals surface area contributed by atoms with E-state index < -0.39 is 0 Å². The van der Waals surface area contributed by atoms with Gasteiger partial charge in [-0.1, -0.05) is 182 Å². The lowest BCUT2D eigenvalue weighted by Crippen LogP contribution is -2.00. The molecule has 0 aliphatic carbocycles. The maximum absolute atomic E-state index is 6.90. The SMILES string of the molecule is c1ccc(-c2nc(-c3ccc(-c4cccc5c4oc4ccccc45)cc3)nc(-c3cccc4oc5ccc(-c6cccc7oc8c(-c9ccc%10c(c9)c9ccccc9n%10-c9ccccc9)cccc8c67)cc5c34)n2)cc1. The monoisotopic (exact) mass is 972 g/mol. The summed E-state index contributed by atoms with van der Waals surface area (Å²) in [6.45, 7) is 0. The number of para-hydroxylation sites is 5. The van der Waals surface area contributed by atoms with Gasteiger partial charge in [0, 0.05) is 76.6 Å². The van der Waals surface area contributed by atoms with Crippen molar-refractivity contribution in [3.05, 3.63) is 243 Å². The molecule has 16 rings (SSSR count). The van der Waals surface area contributed by atoms with Crippen LogP contribution >= 0.6 is 0 Å². The minimum Gasteiger partial charge on any atom is -0.456 e. The molecule has 0 N–H and O–H groups in total. The van der Waals surface area contributed by atoms with Crippen molar-refractivity contribution in [2.24, 2.45) is 0 Å². The van der Waals surface area contributed by atoms with E-state index in [1.54, 1.807) is 0 Å². The lowest BCUT2D eigenvalue weighted by Gasteiger charge is -2.10. The van der Waals surface area contributed by atoms with E-state index in [2.05, 4.69) is 187 Å². The van der Waals surface area contributed by atoms with Crippen molar-refractivity contribution in [2.75, 3.05) is 0 Å².